The van der Waals surface area contributed by atoms with Crippen molar-refractivity contribution in [2.45, 2.75) is 0 Å². The van der Waals surface area contributed by atoms with Gasteiger partial charge in [-0.2, -0.15) is 5.26 Å². The van der Waals surface area contributed by atoms with E-state index in [4.69, 9.17) is 5.26 Å². The van der Waals surface area contributed by atoms with Gasteiger partial charge in [0.15, 0.2) is 0 Å². The fourth-order valence-electron chi connectivity index (χ4n) is 1.44. The standard InChI is InChI=1S/C11H8FN3/c1-14-11-8(6-13)5-7-3-2-4-9(12)10(7)15-11/h2-5H,1H3,(H,14,15). The molecule has 0 fully saturated rings. The van der Waals surface area contributed by atoms with Gasteiger partial charge in [0.05, 0.1) is 5.56 Å². The number of para-hydroxylation sites is 1. The Morgan fingerprint density at radius 2 is 2.27 bits per heavy atom. The van der Waals surface area contributed by atoms with Crippen LogP contribution in [0.1, 0.15) is 5.56 Å². The topological polar surface area (TPSA) is 48.7 Å². The van der Waals surface area contributed by atoms with Crippen molar-refractivity contribution in [2.24, 2.45) is 0 Å². The number of nitrogens with zero attached hydrogens (tertiary/aromatic N) is 2. The minimum absolute atomic E-state index is 0.279. The van der Waals surface area contributed by atoms with E-state index in [1.807, 2.05) is 6.07 Å². The Morgan fingerprint density at radius 3 is 2.93 bits per heavy atom. The molecule has 0 atom stereocenters. The molecular formula is C11H8FN3. The van der Waals surface area contributed by atoms with Crippen molar-refractivity contribution in [3.63, 3.8) is 0 Å². The zero-order chi connectivity index (χ0) is 10.8. The van der Waals surface area contributed by atoms with Crippen molar-refractivity contribution in [3.8, 4) is 6.07 Å². The molecule has 1 N–H and O–H groups in total. The summed E-state index contributed by atoms with van der Waals surface area (Å²) in [6, 6.07) is 8.31. The predicted molar refractivity (Wildman–Crippen MR) is 56.0 cm³/mol. The summed E-state index contributed by atoms with van der Waals surface area (Å²) in [4.78, 5) is 4.06. The Labute approximate surface area is 86.2 Å². The summed E-state index contributed by atoms with van der Waals surface area (Å²) in [6.45, 7) is 0. The normalized spacial score (nSPS) is 9.93. The first-order valence-corrected chi connectivity index (χ1v) is 4.43. The Balaban J connectivity index is 2.83. The Kier molecular flexibility index (Phi) is 2.22. The van der Waals surface area contributed by atoms with Crippen LogP contribution in [0.4, 0.5) is 10.2 Å². The third-order valence-electron chi connectivity index (χ3n) is 2.15. The molecule has 0 spiro atoms. The Hall–Kier alpha value is -2.15. The molecule has 1 aromatic heterocycles. The highest BCUT2D eigenvalue weighted by Crippen LogP contribution is 2.21. The SMILES string of the molecule is CNc1nc2c(F)cccc2cc1C#N. The molecular weight excluding hydrogens is 193 g/mol. The lowest BCUT2D eigenvalue weighted by atomic mass is 10.1. The molecule has 15 heavy (non-hydrogen) atoms. The van der Waals surface area contributed by atoms with E-state index in [9.17, 15) is 4.39 Å². The number of halogens is 1. The van der Waals surface area contributed by atoms with Crippen LogP contribution < -0.4 is 5.32 Å². The molecule has 0 bridgehead atoms. The lowest BCUT2D eigenvalue weighted by molar-refractivity contribution is 0.637. The molecule has 0 amide bonds. The molecule has 3 nitrogen and oxygen atoms in total. The first-order chi connectivity index (χ1) is 7.26. The molecule has 2 rings (SSSR count). The van der Waals surface area contributed by atoms with E-state index >= 15 is 0 Å². The van der Waals surface area contributed by atoms with Gasteiger partial charge in [-0.05, 0) is 12.1 Å². The van der Waals surface area contributed by atoms with E-state index in [1.54, 1.807) is 25.2 Å². The highest BCUT2D eigenvalue weighted by Gasteiger charge is 2.07. The smallest absolute Gasteiger partial charge is 0.149 e. The lowest BCUT2D eigenvalue weighted by Crippen LogP contribution is -1.97. The number of hydrogen-bond donors (Lipinski definition) is 1. The van der Waals surface area contributed by atoms with Crippen LogP contribution in [0.5, 0.6) is 0 Å². The van der Waals surface area contributed by atoms with E-state index in [2.05, 4.69) is 10.3 Å². The third kappa shape index (κ3) is 1.48. The number of pyridine rings is 1. The van der Waals surface area contributed by atoms with Crippen LogP contribution in [-0.2, 0) is 0 Å². The maximum Gasteiger partial charge on any atom is 0.149 e. The molecule has 0 unspecified atom stereocenters. The summed E-state index contributed by atoms with van der Waals surface area (Å²) < 4.78 is 13.4. The summed E-state index contributed by atoms with van der Waals surface area (Å²) in [5.74, 6) is 0.0172. The second-order valence-electron chi connectivity index (χ2n) is 3.06. The van der Waals surface area contributed by atoms with Crippen molar-refractivity contribution >= 4 is 16.7 Å². The number of anilines is 1. The second kappa shape index (κ2) is 3.54. The van der Waals surface area contributed by atoms with Crippen molar-refractivity contribution in [2.75, 3.05) is 12.4 Å². The van der Waals surface area contributed by atoms with E-state index in [0.29, 0.717) is 16.8 Å². The molecule has 1 heterocycles. The van der Waals surface area contributed by atoms with Gasteiger partial charge in [-0.25, -0.2) is 9.37 Å². The summed E-state index contributed by atoms with van der Waals surface area (Å²) >= 11 is 0. The number of hydrogen-bond acceptors (Lipinski definition) is 3. The van der Waals surface area contributed by atoms with Gasteiger partial charge >= 0.3 is 0 Å². The van der Waals surface area contributed by atoms with Crippen LogP contribution in [0.25, 0.3) is 10.9 Å². The number of fused-ring (bicyclic) bond motifs is 1. The monoisotopic (exact) mass is 201 g/mol. The average Bonchev–Trinajstić information content (AvgIpc) is 2.28. The van der Waals surface area contributed by atoms with E-state index in [0.717, 1.165) is 0 Å². The molecule has 2 aromatic rings. The van der Waals surface area contributed by atoms with Gasteiger partial charge in [0, 0.05) is 12.4 Å². The van der Waals surface area contributed by atoms with Gasteiger partial charge in [0.2, 0.25) is 0 Å². The Bertz CT molecular complexity index is 557. The van der Waals surface area contributed by atoms with Gasteiger partial charge in [0.25, 0.3) is 0 Å². The summed E-state index contributed by atoms with van der Waals surface area (Å²) in [5, 5.41) is 12.3. The largest absolute Gasteiger partial charge is 0.372 e. The lowest BCUT2D eigenvalue weighted by Gasteiger charge is -2.04. The number of nitriles is 1. The van der Waals surface area contributed by atoms with Gasteiger partial charge in [-0.1, -0.05) is 12.1 Å². The number of benzene rings is 1. The maximum absolute atomic E-state index is 13.4. The summed E-state index contributed by atoms with van der Waals surface area (Å²) in [5.41, 5.74) is 0.691. The molecule has 4 heteroatoms. The molecule has 0 radical (unpaired) electrons. The van der Waals surface area contributed by atoms with E-state index in [-0.39, 0.29) is 11.3 Å². The fraction of sp³-hybridized carbons (Fsp3) is 0.0909. The van der Waals surface area contributed by atoms with Gasteiger partial charge in [-0.3, -0.25) is 0 Å². The van der Waals surface area contributed by atoms with Crippen molar-refractivity contribution in [3.05, 3.63) is 35.6 Å². The van der Waals surface area contributed by atoms with Crippen molar-refractivity contribution < 1.29 is 4.39 Å². The summed E-state index contributed by atoms with van der Waals surface area (Å²) in [6.07, 6.45) is 0. The van der Waals surface area contributed by atoms with Gasteiger partial charge in [-0.15, -0.1) is 0 Å². The fourth-order valence-corrected chi connectivity index (χ4v) is 1.44. The van der Waals surface area contributed by atoms with Gasteiger partial charge < -0.3 is 5.32 Å². The molecule has 0 aliphatic carbocycles. The highest BCUT2D eigenvalue weighted by molar-refractivity contribution is 5.83. The summed E-state index contributed by atoms with van der Waals surface area (Å²) in [7, 11) is 1.65. The predicted octanol–water partition coefficient (Wildman–Crippen LogP) is 2.29. The minimum Gasteiger partial charge on any atom is -0.372 e. The second-order valence-corrected chi connectivity index (χ2v) is 3.06. The van der Waals surface area contributed by atoms with Crippen molar-refractivity contribution in [1.82, 2.24) is 4.98 Å². The highest BCUT2D eigenvalue weighted by atomic mass is 19.1. The minimum atomic E-state index is -0.381. The first kappa shape index (κ1) is 9.41. The van der Waals surface area contributed by atoms with E-state index < -0.39 is 0 Å². The van der Waals surface area contributed by atoms with Crippen LogP contribution in [0.2, 0.25) is 0 Å². The van der Waals surface area contributed by atoms with Crippen LogP contribution in [0.15, 0.2) is 24.3 Å². The maximum atomic E-state index is 13.4. The van der Waals surface area contributed by atoms with E-state index in [1.165, 1.54) is 6.07 Å². The van der Waals surface area contributed by atoms with Crippen LogP contribution in [-0.4, -0.2) is 12.0 Å². The molecule has 0 aliphatic rings. The first-order valence-electron chi connectivity index (χ1n) is 4.43. The van der Waals surface area contributed by atoms with Crippen LogP contribution in [0.3, 0.4) is 0 Å². The van der Waals surface area contributed by atoms with Crippen molar-refractivity contribution in [1.29, 1.82) is 5.26 Å². The number of rotatable bonds is 1. The third-order valence-corrected chi connectivity index (χ3v) is 2.15. The average molecular weight is 201 g/mol. The molecule has 74 valence electrons. The number of aromatic nitrogens is 1. The quantitative estimate of drug-likeness (QED) is 0.770. The van der Waals surface area contributed by atoms with Crippen LogP contribution in [0, 0.1) is 17.1 Å². The van der Waals surface area contributed by atoms with Crippen LogP contribution >= 0.6 is 0 Å². The zero-order valence-corrected chi connectivity index (χ0v) is 8.08. The Morgan fingerprint density at radius 1 is 1.47 bits per heavy atom. The molecule has 0 saturated carbocycles. The molecule has 1 aromatic carbocycles. The molecule has 0 saturated heterocycles. The number of nitrogens with one attached hydrogen (secondary N) is 1. The zero-order valence-electron chi connectivity index (χ0n) is 8.08. The van der Waals surface area contributed by atoms with Gasteiger partial charge in [0.1, 0.15) is 23.2 Å². The molecule has 0 aliphatic heterocycles.